The van der Waals surface area contributed by atoms with Gasteiger partial charge in [0.15, 0.2) is 0 Å². The first-order valence-electron chi connectivity index (χ1n) is 6.72. The fourth-order valence-corrected chi connectivity index (χ4v) is 1.76. The van der Waals surface area contributed by atoms with Crippen LogP contribution in [0.3, 0.4) is 0 Å². The Balaban J connectivity index is 1.96. The fourth-order valence-electron chi connectivity index (χ4n) is 1.76. The first kappa shape index (κ1) is 14.1. The van der Waals surface area contributed by atoms with Crippen LogP contribution in [0, 0.1) is 0 Å². The zero-order chi connectivity index (χ0) is 14.2. The number of nitrogens with zero attached hydrogens (tertiary/aromatic N) is 1. The third-order valence-electron chi connectivity index (χ3n) is 2.73. The van der Waals surface area contributed by atoms with E-state index in [2.05, 4.69) is 10.3 Å². The zero-order valence-electron chi connectivity index (χ0n) is 11.5. The van der Waals surface area contributed by atoms with E-state index in [1.54, 1.807) is 12.3 Å². The third-order valence-corrected chi connectivity index (χ3v) is 2.73. The lowest BCUT2D eigenvalue weighted by Crippen LogP contribution is -2.21. The summed E-state index contributed by atoms with van der Waals surface area (Å²) in [7, 11) is 0. The minimum atomic E-state index is 0.0727. The van der Waals surface area contributed by atoms with Crippen molar-refractivity contribution in [2.45, 2.75) is 26.3 Å². The van der Waals surface area contributed by atoms with Gasteiger partial charge in [-0.05, 0) is 30.2 Å². The molecular weight excluding hydrogens is 252 g/mol. The molecule has 0 radical (unpaired) electrons. The predicted octanol–water partition coefficient (Wildman–Crippen LogP) is 3.29. The van der Waals surface area contributed by atoms with Crippen molar-refractivity contribution >= 4 is 5.91 Å². The summed E-state index contributed by atoms with van der Waals surface area (Å²) in [4.78, 5) is 15.6. The van der Waals surface area contributed by atoms with Crippen molar-refractivity contribution in [1.82, 2.24) is 10.3 Å². The number of hydrogen-bond donors (Lipinski definition) is 1. The topological polar surface area (TPSA) is 51.2 Å². The van der Waals surface area contributed by atoms with Gasteiger partial charge >= 0.3 is 0 Å². The Morgan fingerprint density at radius 1 is 1.25 bits per heavy atom. The molecule has 1 heterocycles. The van der Waals surface area contributed by atoms with Crippen LogP contribution in [-0.4, -0.2) is 10.9 Å². The van der Waals surface area contributed by atoms with E-state index in [0.29, 0.717) is 24.6 Å². The van der Waals surface area contributed by atoms with Crippen LogP contribution in [0.1, 0.15) is 25.3 Å². The predicted molar refractivity (Wildman–Crippen MR) is 77.5 cm³/mol. The van der Waals surface area contributed by atoms with E-state index in [1.807, 2.05) is 43.3 Å². The number of amides is 1. The average Bonchev–Trinajstić information content (AvgIpc) is 2.47. The monoisotopic (exact) mass is 270 g/mol. The van der Waals surface area contributed by atoms with Gasteiger partial charge in [-0.15, -0.1) is 0 Å². The first-order chi connectivity index (χ1) is 9.78. The number of nitrogens with one attached hydrogen (secondary N) is 1. The maximum Gasteiger partial charge on any atom is 0.220 e. The van der Waals surface area contributed by atoms with E-state index in [1.165, 1.54) is 0 Å². The first-order valence-corrected chi connectivity index (χ1v) is 6.72. The van der Waals surface area contributed by atoms with E-state index >= 15 is 0 Å². The van der Waals surface area contributed by atoms with Crippen LogP contribution in [-0.2, 0) is 11.3 Å². The summed E-state index contributed by atoms with van der Waals surface area (Å²) in [5, 5.41) is 2.88. The van der Waals surface area contributed by atoms with Gasteiger partial charge in [0, 0.05) is 25.2 Å². The van der Waals surface area contributed by atoms with Crippen molar-refractivity contribution in [3.63, 3.8) is 0 Å². The minimum absolute atomic E-state index is 0.0727. The molecule has 0 unspecified atom stereocenters. The molecule has 2 rings (SSSR count). The second-order valence-electron chi connectivity index (χ2n) is 4.44. The summed E-state index contributed by atoms with van der Waals surface area (Å²) in [5.74, 6) is 1.34. The maximum absolute atomic E-state index is 11.4. The van der Waals surface area contributed by atoms with Gasteiger partial charge in [-0.3, -0.25) is 4.79 Å². The summed E-state index contributed by atoms with van der Waals surface area (Å²) in [6.45, 7) is 2.50. The summed E-state index contributed by atoms with van der Waals surface area (Å²) in [6.07, 6.45) is 3.10. The Kier molecular flexibility index (Phi) is 5.12. The highest BCUT2D eigenvalue weighted by Gasteiger charge is 2.02. The van der Waals surface area contributed by atoms with E-state index in [4.69, 9.17) is 4.74 Å². The molecule has 4 heteroatoms. The van der Waals surface area contributed by atoms with Crippen LogP contribution < -0.4 is 10.1 Å². The number of aromatic nitrogens is 1. The lowest BCUT2D eigenvalue weighted by atomic mass is 10.2. The van der Waals surface area contributed by atoms with E-state index in [9.17, 15) is 4.79 Å². The Labute approximate surface area is 118 Å². The standard InChI is InChI=1S/C16H18N2O2/c1-2-6-15(19)18-12-13-7-5-8-14(11-13)20-16-9-3-4-10-17-16/h3-5,7-11H,2,6,12H2,1H3,(H,18,19). The van der Waals surface area contributed by atoms with Crippen LogP contribution in [0.5, 0.6) is 11.6 Å². The molecule has 1 aromatic carbocycles. The number of ether oxygens (including phenoxy) is 1. The van der Waals surface area contributed by atoms with Crippen molar-refractivity contribution in [2.75, 3.05) is 0 Å². The number of hydrogen-bond acceptors (Lipinski definition) is 3. The molecule has 1 aromatic heterocycles. The largest absolute Gasteiger partial charge is 0.439 e. The third kappa shape index (κ3) is 4.39. The highest BCUT2D eigenvalue weighted by molar-refractivity contribution is 5.75. The molecule has 104 valence electrons. The number of carbonyl (C=O) groups is 1. The molecule has 0 fully saturated rings. The molecule has 0 aliphatic rings. The molecule has 0 atom stereocenters. The van der Waals surface area contributed by atoms with Gasteiger partial charge in [0.25, 0.3) is 0 Å². The Morgan fingerprint density at radius 3 is 2.90 bits per heavy atom. The lowest BCUT2D eigenvalue weighted by Gasteiger charge is -2.08. The molecule has 0 aliphatic carbocycles. The average molecular weight is 270 g/mol. The van der Waals surface area contributed by atoms with Gasteiger partial charge in [-0.1, -0.05) is 25.1 Å². The van der Waals surface area contributed by atoms with Crippen molar-refractivity contribution in [3.8, 4) is 11.6 Å². The summed E-state index contributed by atoms with van der Waals surface area (Å²) in [5.41, 5.74) is 1.00. The SMILES string of the molecule is CCCC(=O)NCc1cccc(Oc2ccccn2)c1. The van der Waals surface area contributed by atoms with Gasteiger partial charge in [0.05, 0.1) is 0 Å². The number of benzene rings is 1. The molecule has 1 N–H and O–H groups in total. The molecule has 2 aromatic rings. The summed E-state index contributed by atoms with van der Waals surface area (Å²) < 4.78 is 5.65. The molecule has 0 saturated heterocycles. The normalized spacial score (nSPS) is 10.1. The summed E-state index contributed by atoms with van der Waals surface area (Å²) >= 11 is 0. The Bertz CT molecular complexity index is 555. The number of carbonyl (C=O) groups excluding carboxylic acids is 1. The van der Waals surface area contributed by atoms with Gasteiger partial charge in [-0.2, -0.15) is 0 Å². The molecule has 1 amide bonds. The van der Waals surface area contributed by atoms with E-state index < -0.39 is 0 Å². The quantitative estimate of drug-likeness (QED) is 0.876. The van der Waals surface area contributed by atoms with Crippen LogP contribution in [0.25, 0.3) is 0 Å². The van der Waals surface area contributed by atoms with E-state index in [-0.39, 0.29) is 5.91 Å². The Hall–Kier alpha value is -2.36. The van der Waals surface area contributed by atoms with Crippen LogP contribution >= 0.6 is 0 Å². The van der Waals surface area contributed by atoms with Crippen LogP contribution in [0.4, 0.5) is 0 Å². The molecule has 20 heavy (non-hydrogen) atoms. The second kappa shape index (κ2) is 7.28. The highest BCUT2D eigenvalue weighted by Crippen LogP contribution is 2.19. The maximum atomic E-state index is 11.4. The van der Waals surface area contributed by atoms with E-state index in [0.717, 1.165) is 12.0 Å². The number of rotatable bonds is 6. The zero-order valence-corrected chi connectivity index (χ0v) is 11.5. The van der Waals surface area contributed by atoms with Crippen molar-refractivity contribution in [2.24, 2.45) is 0 Å². The smallest absolute Gasteiger partial charge is 0.220 e. The van der Waals surface area contributed by atoms with Crippen molar-refractivity contribution < 1.29 is 9.53 Å². The molecule has 0 spiro atoms. The van der Waals surface area contributed by atoms with Gasteiger partial charge in [0.2, 0.25) is 11.8 Å². The van der Waals surface area contributed by atoms with Crippen LogP contribution in [0.15, 0.2) is 48.7 Å². The van der Waals surface area contributed by atoms with Gasteiger partial charge in [-0.25, -0.2) is 4.98 Å². The molecule has 4 nitrogen and oxygen atoms in total. The van der Waals surface area contributed by atoms with Gasteiger partial charge in [0.1, 0.15) is 5.75 Å². The van der Waals surface area contributed by atoms with Gasteiger partial charge < -0.3 is 10.1 Å². The second-order valence-corrected chi connectivity index (χ2v) is 4.44. The molecule has 0 saturated carbocycles. The Morgan fingerprint density at radius 2 is 2.15 bits per heavy atom. The highest BCUT2D eigenvalue weighted by atomic mass is 16.5. The molecule has 0 bridgehead atoms. The fraction of sp³-hybridized carbons (Fsp3) is 0.250. The molecular formula is C16H18N2O2. The van der Waals surface area contributed by atoms with Crippen molar-refractivity contribution in [3.05, 3.63) is 54.2 Å². The van der Waals surface area contributed by atoms with Crippen LogP contribution in [0.2, 0.25) is 0 Å². The summed E-state index contributed by atoms with van der Waals surface area (Å²) in [6, 6.07) is 13.1. The molecule has 0 aliphatic heterocycles. The van der Waals surface area contributed by atoms with Crippen molar-refractivity contribution in [1.29, 1.82) is 0 Å². The lowest BCUT2D eigenvalue weighted by molar-refractivity contribution is -0.121. The minimum Gasteiger partial charge on any atom is -0.439 e. The number of pyridine rings is 1.